The molecule has 2 unspecified atom stereocenters. The molecule has 4 rings (SSSR count). The Morgan fingerprint density at radius 2 is 2.16 bits per heavy atom. The number of likely N-dealkylation sites (tertiary alicyclic amines) is 1. The minimum Gasteiger partial charge on any atom is -0.370 e. The standard InChI is InChI=1S/C22H30ClFN6O/c1-25-22(30-10-11-31-20(15-30)16-12-27-28(2)14-16)26-13-19(29-8-3-4-9-29)21-17(23)6-5-7-18(21)24/h5-7,12,14,19-20H,3-4,8-11,13,15H2,1-2H3,(H,25,26). The summed E-state index contributed by atoms with van der Waals surface area (Å²) in [7, 11) is 3.68. The van der Waals surface area contributed by atoms with Crippen molar-refractivity contribution >= 4 is 17.6 Å². The van der Waals surface area contributed by atoms with Crippen LogP contribution in [-0.2, 0) is 11.8 Å². The van der Waals surface area contributed by atoms with Crippen molar-refractivity contribution in [2.24, 2.45) is 12.0 Å². The molecule has 2 aliphatic rings. The molecular formula is C22H30ClFN6O. The van der Waals surface area contributed by atoms with E-state index in [0.717, 1.165) is 44.0 Å². The molecule has 0 saturated carbocycles. The molecule has 168 valence electrons. The lowest BCUT2D eigenvalue weighted by atomic mass is 10.0. The van der Waals surface area contributed by atoms with E-state index in [2.05, 4.69) is 25.2 Å². The molecule has 1 aromatic carbocycles. The van der Waals surface area contributed by atoms with Crippen LogP contribution in [0.25, 0.3) is 0 Å². The van der Waals surface area contributed by atoms with Gasteiger partial charge in [0.2, 0.25) is 0 Å². The molecule has 31 heavy (non-hydrogen) atoms. The molecule has 7 nitrogen and oxygen atoms in total. The van der Waals surface area contributed by atoms with Gasteiger partial charge >= 0.3 is 0 Å². The van der Waals surface area contributed by atoms with Crippen LogP contribution in [0.2, 0.25) is 5.02 Å². The largest absolute Gasteiger partial charge is 0.370 e. The minimum absolute atomic E-state index is 0.0589. The van der Waals surface area contributed by atoms with Crippen molar-refractivity contribution in [2.75, 3.05) is 46.4 Å². The second-order valence-electron chi connectivity index (χ2n) is 8.08. The first-order valence-electron chi connectivity index (χ1n) is 10.8. The molecule has 0 amide bonds. The van der Waals surface area contributed by atoms with Crippen LogP contribution >= 0.6 is 11.6 Å². The molecule has 0 spiro atoms. The number of aryl methyl sites for hydroxylation is 1. The maximum atomic E-state index is 14.8. The Bertz CT molecular complexity index is 893. The average molecular weight is 449 g/mol. The lowest BCUT2D eigenvalue weighted by Crippen LogP contribution is -2.50. The second kappa shape index (κ2) is 9.97. The number of rotatable bonds is 5. The van der Waals surface area contributed by atoms with Gasteiger partial charge in [0.05, 0.1) is 25.4 Å². The van der Waals surface area contributed by atoms with Gasteiger partial charge in [-0.15, -0.1) is 0 Å². The van der Waals surface area contributed by atoms with E-state index in [4.69, 9.17) is 16.3 Å². The molecule has 0 aliphatic carbocycles. The van der Waals surface area contributed by atoms with E-state index in [9.17, 15) is 4.39 Å². The Kier molecular flexibility index (Phi) is 7.09. The zero-order valence-electron chi connectivity index (χ0n) is 18.1. The van der Waals surface area contributed by atoms with Crippen LogP contribution < -0.4 is 5.32 Å². The van der Waals surface area contributed by atoms with Crippen molar-refractivity contribution in [1.82, 2.24) is 24.9 Å². The predicted molar refractivity (Wildman–Crippen MR) is 120 cm³/mol. The van der Waals surface area contributed by atoms with Crippen molar-refractivity contribution in [3.63, 3.8) is 0 Å². The number of benzene rings is 1. The Morgan fingerprint density at radius 1 is 1.35 bits per heavy atom. The number of guanidine groups is 1. The highest BCUT2D eigenvalue weighted by Crippen LogP contribution is 2.32. The molecule has 1 N–H and O–H groups in total. The van der Waals surface area contributed by atoms with Crippen LogP contribution in [0.15, 0.2) is 35.6 Å². The first kappa shape index (κ1) is 22.0. The van der Waals surface area contributed by atoms with Crippen LogP contribution in [0.1, 0.15) is 36.1 Å². The number of halogens is 2. The third-order valence-electron chi connectivity index (χ3n) is 6.04. The normalized spacial score (nSPS) is 21.5. The molecule has 2 atom stereocenters. The fourth-order valence-corrected chi connectivity index (χ4v) is 4.75. The smallest absolute Gasteiger partial charge is 0.193 e. The van der Waals surface area contributed by atoms with Gasteiger partial charge in [-0.1, -0.05) is 17.7 Å². The number of morpholine rings is 1. The summed E-state index contributed by atoms with van der Waals surface area (Å²) < 4.78 is 22.5. The van der Waals surface area contributed by atoms with Crippen LogP contribution in [0.4, 0.5) is 4.39 Å². The summed E-state index contributed by atoms with van der Waals surface area (Å²) in [5, 5.41) is 8.20. The van der Waals surface area contributed by atoms with Gasteiger partial charge in [0.15, 0.2) is 5.96 Å². The number of nitrogens with zero attached hydrogens (tertiary/aromatic N) is 5. The highest BCUT2D eigenvalue weighted by Gasteiger charge is 2.30. The maximum absolute atomic E-state index is 14.8. The second-order valence-corrected chi connectivity index (χ2v) is 8.48. The Hall–Kier alpha value is -2.16. The zero-order valence-corrected chi connectivity index (χ0v) is 18.9. The van der Waals surface area contributed by atoms with E-state index in [1.165, 1.54) is 6.07 Å². The third kappa shape index (κ3) is 5.02. The molecule has 1 aromatic heterocycles. The van der Waals surface area contributed by atoms with Crippen molar-refractivity contribution in [1.29, 1.82) is 0 Å². The first-order chi connectivity index (χ1) is 15.1. The quantitative estimate of drug-likeness (QED) is 0.563. The monoisotopic (exact) mass is 448 g/mol. The molecule has 2 fully saturated rings. The molecule has 2 saturated heterocycles. The van der Waals surface area contributed by atoms with Crippen LogP contribution in [-0.4, -0.2) is 71.9 Å². The van der Waals surface area contributed by atoms with Crippen molar-refractivity contribution in [3.05, 3.63) is 52.6 Å². The fourth-order valence-electron chi connectivity index (χ4n) is 4.47. The fraction of sp³-hybridized carbons (Fsp3) is 0.545. The predicted octanol–water partition coefficient (Wildman–Crippen LogP) is 3.00. The number of ether oxygens (including phenoxy) is 1. The topological polar surface area (TPSA) is 57.9 Å². The number of aromatic nitrogens is 2. The molecule has 0 bridgehead atoms. The highest BCUT2D eigenvalue weighted by atomic mass is 35.5. The number of hydrogen-bond acceptors (Lipinski definition) is 4. The summed E-state index contributed by atoms with van der Waals surface area (Å²) in [6.07, 6.45) is 6.00. The van der Waals surface area contributed by atoms with Gasteiger partial charge in [0.1, 0.15) is 11.9 Å². The van der Waals surface area contributed by atoms with Crippen LogP contribution in [0.3, 0.4) is 0 Å². The van der Waals surface area contributed by atoms with E-state index in [0.29, 0.717) is 30.3 Å². The summed E-state index contributed by atoms with van der Waals surface area (Å²) in [5.41, 5.74) is 1.61. The molecule has 2 aromatic rings. The first-order valence-corrected chi connectivity index (χ1v) is 11.2. The lowest BCUT2D eigenvalue weighted by Gasteiger charge is -2.36. The summed E-state index contributed by atoms with van der Waals surface area (Å²) in [4.78, 5) is 8.99. The summed E-state index contributed by atoms with van der Waals surface area (Å²) in [6.45, 7) is 4.44. The SMILES string of the molecule is CN=C(NCC(c1c(F)cccc1Cl)N1CCCC1)N1CCOC(c2cnn(C)c2)C1. The van der Waals surface area contributed by atoms with Crippen molar-refractivity contribution < 1.29 is 9.13 Å². The molecule has 2 aliphatic heterocycles. The van der Waals surface area contributed by atoms with Gasteiger partial charge in [0.25, 0.3) is 0 Å². The Labute approximate surface area is 187 Å². The zero-order chi connectivity index (χ0) is 21.8. The maximum Gasteiger partial charge on any atom is 0.193 e. The summed E-state index contributed by atoms with van der Waals surface area (Å²) in [5.74, 6) is 0.526. The van der Waals surface area contributed by atoms with Gasteiger partial charge in [-0.2, -0.15) is 5.10 Å². The Morgan fingerprint density at radius 3 is 2.84 bits per heavy atom. The van der Waals surface area contributed by atoms with Gasteiger partial charge in [-0.25, -0.2) is 4.39 Å². The van der Waals surface area contributed by atoms with Gasteiger partial charge in [-0.3, -0.25) is 14.6 Å². The van der Waals surface area contributed by atoms with E-state index in [-0.39, 0.29) is 18.0 Å². The molecular weight excluding hydrogens is 419 g/mol. The lowest BCUT2D eigenvalue weighted by molar-refractivity contribution is -0.00813. The minimum atomic E-state index is -0.260. The van der Waals surface area contributed by atoms with Crippen LogP contribution in [0.5, 0.6) is 0 Å². The molecule has 9 heteroatoms. The van der Waals surface area contributed by atoms with E-state index in [1.807, 2.05) is 19.4 Å². The highest BCUT2D eigenvalue weighted by molar-refractivity contribution is 6.31. The van der Waals surface area contributed by atoms with E-state index >= 15 is 0 Å². The number of aliphatic imine (C=N–C) groups is 1. The van der Waals surface area contributed by atoms with Crippen molar-refractivity contribution in [3.8, 4) is 0 Å². The van der Waals surface area contributed by atoms with E-state index < -0.39 is 0 Å². The van der Waals surface area contributed by atoms with Gasteiger partial charge in [0, 0.05) is 49.5 Å². The van der Waals surface area contributed by atoms with E-state index in [1.54, 1.807) is 23.9 Å². The molecule has 0 radical (unpaired) electrons. The average Bonchev–Trinajstić information content (AvgIpc) is 3.45. The number of nitrogens with one attached hydrogen (secondary N) is 1. The summed E-state index contributed by atoms with van der Waals surface area (Å²) in [6, 6.07) is 4.75. The van der Waals surface area contributed by atoms with Gasteiger partial charge in [-0.05, 0) is 38.1 Å². The number of hydrogen-bond donors (Lipinski definition) is 1. The third-order valence-corrected chi connectivity index (χ3v) is 6.37. The van der Waals surface area contributed by atoms with Crippen molar-refractivity contribution in [2.45, 2.75) is 25.0 Å². The Balaban J connectivity index is 1.47. The summed E-state index contributed by atoms with van der Waals surface area (Å²) >= 11 is 6.43. The van der Waals surface area contributed by atoms with Crippen LogP contribution in [0, 0.1) is 5.82 Å². The molecule has 3 heterocycles. The van der Waals surface area contributed by atoms with Gasteiger partial charge < -0.3 is 15.0 Å².